The van der Waals surface area contributed by atoms with Crippen LogP contribution in [0.15, 0.2) is 102 Å². The summed E-state index contributed by atoms with van der Waals surface area (Å²) in [6, 6.07) is 26.3. The highest BCUT2D eigenvalue weighted by Gasteiger charge is 2.24. The number of esters is 2. The van der Waals surface area contributed by atoms with E-state index in [9.17, 15) is 27.2 Å². The van der Waals surface area contributed by atoms with E-state index in [1.807, 2.05) is 92.9 Å². The standard InChI is InChI=1S/C24H23FN2O4S.C23H28N2O4/c1-4-15-27(17(2)16-24(28)31-3)23-14-13-22(20-7-5-6-8-21(20)23)26-32(29,30)19-11-9-18(25)10-12-19;1-7-14-25(16(2)15-21(26)28-6)20-13-12-19(17-10-8-9-11-18(17)20)24-22(27)29-23(3,4)5/h1,5-14,17,26H,15-16H2,2-3H3;1,8-13,16H,14-15H2,2-6H3,(H,24,27)/t17-;16-/m00/s1. The predicted molar refractivity (Wildman–Crippen MR) is 240 cm³/mol. The van der Waals surface area contributed by atoms with E-state index in [2.05, 4.69) is 21.9 Å². The first-order valence-electron chi connectivity index (χ1n) is 19.3. The van der Waals surface area contributed by atoms with Crippen LogP contribution in [0.5, 0.6) is 0 Å². The molecule has 0 saturated carbocycles. The lowest BCUT2D eigenvalue weighted by Gasteiger charge is -2.30. The van der Waals surface area contributed by atoms with Crippen molar-refractivity contribution in [3.05, 3.63) is 103 Å². The van der Waals surface area contributed by atoms with Crippen LogP contribution in [0.2, 0.25) is 0 Å². The van der Waals surface area contributed by atoms with Crippen molar-refractivity contribution < 1.29 is 41.4 Å². The predicted octanol–water partition coefficient (Wildman–Crippen LogP) is 8.75. The summed E-state index contributed by atoms with van der Waals surface area (Å²) < 4.78 is 56.4. The molecule has 0 spiro atoms. The van der Waals surface area contributed by atoms with Gasteiger partial charge in [0.15, 0.2) is 0 Å². The third-order valence-electron chi connectivity index (χ3n) is 9.39. The lowest BCUT2D eigenvalue weighted by molar-refractivity contribution is -0.141. The third kappa shape index (κ3) is 12.6. The van der Waals surface area contributed by atoms with Gasteiger partial charge in [0.05, 0.1) is 56.4 Å². The van der Waals surface area contributed by atoms with E-state index in [1.165, 1.54) is 26.4 Å². The number of sulfonamides is 1. The quantitative estimate of drug-likeness (QED) is 0.0633. The molecule has 0 aliphatic rings. The van der Waals surface area contributed by atoms with Crippen LogP contribution in [0.25, 0.3) is 21.5 Å². The van der Waals surface area contributed by atoms with Gasteiger partial charge in [0.2, 0.25) is 0 Å². The Balaban J connectivity index is 0.000000270. The molecule has 0 aliphatic carbocycles. The summed E-state index contributed by atoms with van der Waals surface area (Å²) in [7, 11) is -1.22. The van der Waals surface area contributed by atoms with Crippen molar-refractivity contribution in [2.24, 2.45) is 0 Å². The first kappa shape index (κ1) is 46.9. The van der Waals surface area contributed by atoms with Crippen molar-refractivity contribution in [2.45, 2.75) is 70.0 Å². The van der Waals surface area contributed by atoms with Gasteiger partial charge in [0, 0.05) is 45.0 Å². The van der Waals surface area contributed by atoms with Crippen LogP contribution in [-0.2, 0) is 33.8 Å². The number of methoxy groups -OCH3 is 2. The summed E-state index contributed by atoms with van der Waals surface area (Å²) >= 11 is 0. The number of rotatable bonds is 14. The molecule has 2 atom stereocenters. The van der Waals surface area contributed by atoms with Gasteiger partial charge < -0.3 is 24.0 Å². The SMILES string of the molecule is C#CCN(c1ccc(NC(=O)OC(C)(C)C)c2ccccc12)[C@@H](C)CC(=O)OC.C#CCN(c1ccc(NS(=O)(=O)c2ccc(F)cc2)c2ccccc12)[C@@H](C)CC(=O)OC. The molecule has 0 aliphatic heterocycles. The molecule has 1 amide bonds. The number of benzene rings is 5. The van der Waals surface area contributed by atoms with E-state index in [0.29, 0.717) is 23.3 Å². The molecule has 0 fully saturated rings. The van der Waals surface area contributed by atoms with Crippen molar-refractivity contribution in [1.29, 1.82) is 0 Å². The summed E-state index contributed by atoms with van der Waals surface area (Å²) in [6.07, 6.45) is 11.0. The number of nitrogens with zero attached hydrogens (tertiary/aromatic N) is 2. The fraction of sp³-hybridized carbons (Fsp3) is 0.298. The Labute approximate surface area is 357 Å². The smallest absolute Gasteiger partial charge is 0.412 e. The molecule has 5 aromatic carbocycles. The van der Waals surface area contributed by atoms with Gasteiger partial charge in [0.1, 0.15) is 11.4 Å². The minimum atomic E-state index is -3.92. The van der Waals surface area contributed by atoms with Gasteiger partial charge in [-0.25, -0.2) is 17.6 Å². The highest BCUT2D eigenvalue weighted by molar-refractivity contribution is 7.92. The third-order valence-corrected chi connectivity index (χ3v) is 10.8. The molecule has 14 heteroatoms. The number of hydrogen-bond donors (Lipinski definition) is 2. The average molecular weight is 851 g/mol. The summed E-state index contributed by atoms with van der Waals surface area (Å²) in [5.41, 5.74) is 2.06. The minimum Gasteiger partial charge on any atom is -0.469 e. The number of anilines is 4. The van der Waals surface area contributed by atoms with Crippen LogP contribution in [0.1, 0.15) is 47.5 Å². The second-order valence-electron chi connectivity index (χ2n) is 15.0. The number of amides is 1. The molecular formula is C47H51FN4O8S. The molecule has 0 aromatic heterocycles. The van der Waals surface area contributed by atoms with Gasteiger partial charge in [-0.3, -0.25) is 19.6 Å². The first-order valence-corrected chi connectivity index (χ1v) is 20.8. The van der Waals surface area contributed by atoms with Crippen LogP contribution in [0.3, 0.4) is 0 Å². The number of carbonyl (C=O) groups is 3. The van der Waals surface area contributed by atoms with E-state index in [0.717, 1.165) is 39.7 Å². The lowest BCUT2D eigenvalue weighted by atomic mass is 10.0. The van der Waals surface area contributed by atoms with Crippen molar-refractivity contribution in [3.63, 3.8) is 0 Å². The van der Waals surface area contributed by atoms with Crippen molar-refractivity contribution >= 4 is 72.3 Å². The topological polar surface area (TPSA) is 144 Å². The zero-order valence-corrected chi connectivity index (χ0v) is 36.1. The summed E-state index contributed by atoms with van der Waals surface area (Å²) in [4.78, 5) is 39.6. The Morgan fingerprint density at radius 1 is 0.689 bits per heavy atom. The van der Waals surface area contributed by atoms with Gasteiger partial charge >= 0.3 is 18.0 Å². The monoisotopic (exact) mass is 850 g/mol. The molecule has 61 heavy (non-hydrogen) atoms. The number of terminal acetylenes is 2. The largest absolute Gasteiger partial charge is 0.469 e. The number of ether oxygens (including phenoxy) is 3. The molecule has 5 rings (SSSR count). The van der Waals surface area contributed by atoms with Crippen LogP contribution in [0, 0.1) is 30.5 Å². The van der Waals surface area contributed by atoms with E-state index in [4.69, 9.17) is 27.1 Å². The Morgan fingerprint density at radius 2 is 1.11 bits per heavy atom. The van der Waals surface area contributed by atoms with Crippen LogP contribution < -0.4 is 19.8 Å². The maximum absolute atomic E-state index is 13.2. The molecule has 2 N–H and O–H groups in total. The van der Waals surface area contributed by atoms with E-state index < -0.39 is 27.5 Å². The Morgan fingerprint density at radius 3 is 1.54 bits per heavy atom. The van der Waals surface area contributed by atoms with E-state index >= 15 is 0 Å². The molecule has 5 aromatic rings. The van der Waals surface area contributed by atoms with Gasteiger partial charge in [-0.15, -0.1) is 12.8 Å². The van der Waals surface area contributed by atoms with Gasteiger partial charge in [0.25, 0.3) is 10.0 Å². The molecule has 0 bridgehead atoms. The van der Waals surface area contributed by atoms with Crippen LogP contribution in [0.4, 0.5) is 31.9 Å². The second-order valence-corrected chi connectivity index (χ2v) is 16.6. The highest BCUT2D eigenvalue weighted by atomic mass is 32.2. The van der Waals surface area contributed by atoms with Crippen LogP contribution >= 0.6 is 0 Å². The fourth-order valence-corrected chi connectivity index (χ4v) is 7.60. The van der Waals surface area contributed by atoms with Crippen molar-refractivity contribution in [1.82, 2.24) is 0 Å². The Kier molecular flexibility index (Phi) is 16.1. The molecule has 320 valence electrons. The molecule has 0 heterocycles. The normalized spacial score (nSPS) is 12.0. The number of halogens is 1. The minimum absolute atomic E-state index is 0.0484. The summed E-state index contributed by atoms with van der Waals surface area (Å²) in [6.45, 7) is 9.82. The van der Waals surface area contributed by atoms with Gasteiger partial charge in [-0.05, 0) is 83.1 Å². The Bertz CT molecular complexity index is 2540. The fourth-order valence-electron chi connectivity index (χ4n) is 6.52. The summed E-state index contributed by atoms with van der Waals surface area (Å²) in [5, 5.41) is 5.99. The number of carbonyl (C=O) groups excluding carboxylic acids is 3. The number of fused-ring (bicyclic) bond motifs is 2. The number of nitrogens with one attached hydrogen (secondary N) is 2. The molecule has 0 unspecified atom stereocenters. The number of hydrogen-bond acceptors (Lipinski definition) is 10. The second kappa shape index (κ2) is 21.0. The van der Waals surface area contributed by atoms with Crippen molar-refractivity contribution in [3.8, 4) is 24.7 Å². The molecular weight excluding hydrogens is 800 g/mol. The first-order chi connectivity index (χ1) is 28.9. The molecule has 12 nitrogen and oxygen atoms in total. The maximum Gasteiger partial charge on any atom is 0.412 e. The zero-order valence-electron chi connectivity index (χ0n) is 35.3. The highest BCUT2D eigenvalue weighted by Crippen LogP contribution is 2.36. The Hall–Kier alpha value is -6.77. The lowest BCUT2D eigenvalue weighted by Crippen LogP contribution is -2.35. The van der Waals surface area contributed by atoms with Gasteiger partial charge in [-0.1, -0.05) is 60.4 Å². The van der Waals surface area contributed by atoms with Gasteiger partial charge in [-0.2, -0.15) is 0 Å². The van der Waals surface area contributed by atoms with Crippen molar-refractivity contribution in [2.75, 3.05) is 47.1 Å². The molecule has 0 saturated heterocycles. The van der Waals surface area contributed by atoms with E-state index in [-0.39, 0.29) is 48.3 Å². The maximum atomic E-state index is 13.2. The van der Waals surface area contributed by atoms with Crippen LogP contribution in [-0.4, -0.2) is 71.4 Å². The van der Waals surface area contributed by atoms with E-state index in [1.54, 1.807) is 24.3 Å². The zero-order chi connectivity index (χ0) is 44.9. The summed E-state index contributed by atoms with van der Waals surface area (Å²) in [5.74, 6) is 4.10. The average Bonchev–Trinajstić information content (AvgIpc) is 3.22. The molecule has 0 radical (unpaired) electrons.